The van der Waals surface area contributed by atoms with E-state index >= 15 is 0 Å². The van der Waals surface area contributed by atoms with E-state index in [1.54, 1.807) is 18.2 Å². The van der Waals surface area contributed by atoms with E-state index in [9.17, 15) is 18.0 Å². The Morgan fingerprint density at radius 1 is 1.00 bits per heavy atom. The third-order valence-corrected chi connectivity index (χ3v) is 6.44. The molecule has 0 heterocycles. The Labute approximate surface area is 193 Å². The molecule has 0 saturated carbocycles. The Bertz CT molecular complexity index is 1150. The van der Waals surface area contributed by atoms with E-state index in [4.69, 9.17) is 14.6 Å². The summed E-state index contributed by atoms with van der Waals surface area (Å²) in [5.41, 5.74) is 6.49. The summed E-state index contributed by atoms with van der Waals surface area (Å²) in [6, 6.07) is 7.61. The molecule has 0 fully saturated rings. The molecule has 2 aromatic rings. The first-order valence-electron chi connectivity index (χ1n) is 10.8. The van der Waals surface area contributed by atoms with Crippen LogP contribution in [0.2, 0.25) is 0 Å². The van der Waals surface area contributed by atoms with Gasteiger partial charge in [0.05, 0.1) is 18.6 Å². The number of methoxy groups -OCH3 is 1. The fourth-order valence-corrected chi connectivity index (χ4v) is 4.59. The normalized spacial score (nSPS) is 13.1. The molecule has 0 bridgehead atoms. The fourth-order valence-electron chi connectivity index (χ4n) is 3.72. The fraction of sp³-hybridized carbons (Fsp3) is 0.391. The predicted octanol–water partition coefficient (Wildman–Crippen LogP) is 2.48. The van der Waals surface area contributed by atoms with Crippen LogP contribution in [-0.2, 0) is 22.9 Å². The molecule has 0 unspecified atom stereocenters. The Balaban J connectivity index is 1.72. The molecule has 178 valence electrons. The van der Waals surface area contributed by atoms with Crippen molar-refractivity contribution >= 4 is 21.8 Å². The van der Waals surface area contributed by atoms with Gasteiger partial charge in [-0.15, -0.1) is 0 Å². The highest BCUT2D eigenvalue weighted by Crippen LogP contribution is 2.29. The number of aryl methyl sites for hydroxylation is 1. The number of hydrazine groups is 1. The van der Waals surface area contributed by atoms with Gasteiger partial charge >= 0.3 is 0 Å². The first kappa shape index (κ1) is 24.5. The molecule has 0 saturated heterocycles. The summed E-state index contributed by atoms with van der Waals surface area (Å²) in [6.45, 7) is 2.60. The van der Waals surface area contributed by atoms with Crippen LogP contribution in [-0.4, -0.2) is 33.9 Å². The number of carbonyl (C=O) groups is 2. The lowest BCUT2D eigenvalue weighted by Crippen LogP contribution is -2.41. The Morgan fingerprint density at radius 2 is 1.70 bits per heavy atom. The Hall–Kier alpha value is -3.11. The summed E-state index contributed by atoms with van der Waals surface area (Å²) in [7, 11) is -2.51. The molecule has 3 rings (SSSR count). The van der Waals surface area contributed by atoms with Gasteiger partial charge in [0.25, 0.3) is 11.8 Å². The largest absolute Gasteiger partial charge is 0.493 e. The molecule has 33 heavy (non-hydrogen) atoms. The monoisotopic (exact) mass is 475 g/mol. The maximum atomic E-state index is 12.7. The number of rotatable bonds is 8. The molecular formula is C23H29N3O6S. The highest BCUT2D eigenvalue weighted by atomic mass is 32.2. The quantitative estimate of drug-likeness (QED) is 0.396. The van der Waals surface area contributed by atoms with Crippen molar-refractivity contribution in [3.63, 3.8) is 0 Å². The lowest BCUT2D eigenvalue weighted by Gasteiger charge is -2.20. The minimum Gasteiger partial charge on any atom is -0.493 e. The first-order chi connectivity index (χ1) is 15.7. The summed E-state index contributed by atoms with van der Waals surface area (Å²) < 4.78 is 35.1. The van der Waals surface area contributed by atoms with Crippen molar-refractivity contribution in [1.82, 2.24) is 10.9 Å². The van der Waals surface area contributed by atoms with Crippen LogP contribution in [0.4, 0.5) is 0 Å². The second-order valence-corrected chi connectivity index (χ2v) is 9.37. The number of sulfonamides is 1. The lowest BCUT2D eigenvalue weighted by molar-refractivity contribution is 0.0846. The highest BCUT2D eigenvalue weighted by molar-refractivity contribution is 7.89. The molecule has 4 N–H and O–H groups in total. The zero-order valence-corrected chi connectivity index (χ0v) is 19.6. The molecule has 0 atom stereocenters. The summed E-state index contributed by atoms with van der Waals surface area (Å²) in [4.78, 5) is 25.2. The molecule has 9 nitrogen and oxygen atoms in total. The minimum absolute atomic E-state index is 0.0421. The van der Waals surface area contributed by atoms with Gasteiger partial charge in [0.2, 0.25) is 10.0 Å². The van der Waals surface area contributed by atoms with E-state index in [-0.39, 0.29) is 16.0 Å². The van der Waals surface area contributed by atoms with Crippen LogP contribution in [0.25, 0.3) is 0 Å². The van der Waals surface area contributed by atoms with Gasteiger partial charge in [-0.1, -0.05) is 13.3 Å². The van der Waals surface area contributed by atoms with Crippen LogP contribution >= 0.6 is 0 Å². The predicted molar refractivity (Wildman–Crippen MR) is 123 cm³/mol. The number of nitrogens with one attached hydrogen (secondary N) is 2. The molecule has 1 aliphatic carbocycles. The molecular weight excluding hydrogens is 446 g/mol. The summed E-state index contributed by atoms with van der Waals surface area (Å²) in [5.74, 6) is -0.284. The second kappa shape index (κ2) is 10.7. The molecule has 0 aromatic heterocycles. The first-order valence-corrected chi connectivity index (χ1v) is 12.4. The van der Waals surface area contributed by atoms with Gasteiger partial charge in [0.15, 0.2) is 11.5 Å². The van der Waals surface area contributed by atoms with Crippen molar-refractivity contribution in [3.8, 4) is 11.5 Å². The van der Waals surface area contributed by atoms with Crippen molar-refractivity contribution in [2.24, 2.45) is 5.14 Å². The standard InChI is InChI=1S/C23H29N3O6S/c1-3-4-11-32-19-10-9-16(13-20(19)31-2)22(27)25-26-23(28)17-12-15-7-5-6-8-18(15)21(14-17)33(24,29)30/h9-10,12-14H,3-8,11H2,1-2H3,(H,25,27)(H,26,28)(H2,24,29,30). The van der Waals surface area contributed by atoms with Crippen LogP contribution in [0, 0.1) is 0 Å². The van der Waals surface area contributed by atoms with E-state index < -0.39 is 21.8 Å². The third-order valence-electron chi connectivity index (χ3n) is 5.46. The molecule has 2 amide bonds. The number of fused-ring (bicyclic) bond motifs is 1. The summed E-state index contributed by atoms with van der Waals surface area (Å²) in [5, 5.41) is 5.37. The van der Waals surface area contributed by atoms with E-state index in [1.807, 2.05) is 0 Å². The molecule has 0 spiro atoms. The molecule has 0 radical (unpaired) electrons. The molecule has 1 aliphatic rings. The van der Waals surface area contributed by atoms with E-state index in [2.05, 4.69) is 17.8 Å². The van der Waals surface area contributed by atoms with Gasteiger partial charge < -0.3 is 9.47 Å². The van der Waals surface area contributed by atoms with E-state index in [0.717, 1.165) is 31.2 Å². The number of amides is 2. The molecule has 10 heteroatoms. The van der Waals surface area contributed by atoms with Crippen molar-refractivity contribution in [3.05, 3.63) is 52.6 Å². The average Bonchev–Trinajstić information content (AvgIpc) is 2.81. The zero-order chi connectivity index (χ0) is 24.0. The van der Waals surface area contributed by atoms with Gasteiger partial charge in [0.1, 0.15) is 0 Å². The van der Waals surface area contributed by atoms with Gasteiger partial charge in [-0.25, -0.2) is 13.6 Å². The van der Waals surface area contributed by atoms with Gasteiger partial charge in [-0.3, -0.25) is 20.4 Å². The Kier molecular flexibility index (Phi) is 7.93. The zero-order valence-electron chi connectivity index (χ0n) is 18.8. The topological polar surface area (TPSA) is 137 Å². The summed E-state index contributed by atoms with van der Waals surface area (Å²) >= 11 is 0. The van der Waals surface area contributed by atoms with Crippen LogP contribution in [0.5, 0.6) is 11.5 Å². The van der Waals surface area contributed by atoms with Gasteiger partial charge in [-0.05, 0) is 73.6 Å². The van der Waals surface area contributed by atoms with Crippen molar-refractivity contribution in [2.75, 3.05) is 13.7 Å². The Morgan fingerprint density at radius 3 is 2.36 bits per heavy atom. The lowest BCUT2D eigenvalue weighted by atomic mass is 9.90. The molecule has 2 aromatic carbocycles. The number of primary sulfonamides is 1. The average molecular weight is 476 g/mol. The number of hydrogen-bond donors (Lipinski definition) is 3. The molecule has 0 aliphatic heterocycles. The smallest absolute Gasteiger partial charge is 0.269 e. The SMILES string of the molecule is CCCCOc1ccc(C(=O)NNC(=O)c2cc3c(c(S(N)(=O)=O)c2)CCCC3)cc1OC. The van der Waals surface area contributed by atoms with Crippen LogP contribution < -0.4 is 25.5 Å². The van der Waals surface area contributed by atoms with Crippen molar-refractivity contribution in [1.29, 1.82) is 0 Å². The number of nitrogens with two attached hydrogens (primary N) is 1. The van der Waals surface area contributed by atoms with Crippen LogP contribution in [0.15, 0.2) is 35.2 Å². The van der Waals surface area contributed by atoms with Crippen molar-refractivity contribution in [2.45, 2.75) is 50.3 Å². The maximum Gasteiger partial charge on any atom is 0.269 e. The number of carbonyl (C=O) groups excluding carboxylic acids is 2. The number of unbranched alkanes of at least 4 members (excludes halogenated alkanes) is 1. The van der Waals surface area contributed by atoms with Gasteiger partial charge in [0, 0.05) is 11.1 Å². The van der Waals surface area contributed by atoms with Crippen LogP contribution in [0.3, 0.4) is 0 Å². The minimum atomic E-state index is -3.99. The van der Waals surface area contributed by atoms with E-state index in [1.165, 1.54) is 19.2 Å². The maximum absolute atomic E-state index is 12.7. The summed E-state index contributed by atoms with van der Waals surface area (Å²) in [6.07, 6.45) is 4.91. The number of ether oxygens (including phenoxy) is 2. The van der Waals surface area contributed by atoms with Crippen LogP contribution in [0.1, 0.15) is 64.4 Å². The number of hydrogen-bond acceptors (Lipinski definition) is 6. The van der Waals surface area contributed by atoms with Gasteiger partial charge in [-0.2, -0.15) is 0 Å². The third kappa shape index (κ3) is 6.02. The highest BCUT2D eigenvalue weighted by Gasteiger charge is 2.23. The number of benzene rings is 2. The van der Waals surface area contributed by atoms with Crippen molar-refractivity contribution < 1.29 is 27.5 Å². The van der Waals surface area contributed by atoms with E-state index in [0.29, 0.717) is 36.5 Å². The second-order valence-electron chi connectivity index (χ2n) is 7.84.